The van der Waals surface area contributed by atoms with Crippen LogP contribution in [0.3, 0.4) is 0 Å². The molecule has 0 atom stereocenters. The van der Waals surface area contributed by atoms with Crippen LogP contribution in [0.5, 0.6) is 0 Å². The SMILES string of the molecule is CS(=O)(=O)N1CCc2c([nH]n(-c3ccccn3)c2=O)C1. The maximum Gasteiger partial charge on any atom is 0.276 e. The largest absolute Gasteiger partial charge is 0.292 e. The quantitative estimate of drug-likeness (QED) is 0.836. The first kappa shape index (κ1) is 13.1. The van der Waals surface area contributed by atoms with E-state index in [0.29, 0.717) is 30.0 Å². The molecule has 0 unspecified atom stereocenters. The Hall–Kier alpha value is -1.93. The van der Waals surface area contributed by atoms with Gasteiger partial charge in [0, 0.05) is 18.3 Å². The van der Waals surface area contributed by atoms with Crippen molar-refractivity contribution in [1.29, 1.82) is 0 Å². The van der Waals surface area contributed by atoms with E-state index in [1.165, 1.54) is 15.2 Å². The summed E-state index contributed by atoms with van der Waals surface area (Å²) < 4.78 is 25.9. The lowest BCUT2D eigenvalue weighted by Gasteiger charge is -2.23. The third-order valence-electron chi connectivity index (χ3n) is 3.37. The second-order valence-corrected chi connectivity index (χ2v) is 6.73. The highest BCUT2D eigenvalue weighted by molar-refractivity contribution is 7.88. The molecule has 0 bridgehead atoms. The van der Waals surface area contributed by atoms with Crippen molar-refractivity contribution in [1.82, 2.24) is 19.1 Å². The average molecular weight is 294 g/mol. The van der Waals surface area contributed by atoms with Gasteiger partial charge in [-0.2, -0.15) is 4.31 Å². The number of fused-ring (bicyclic) bond motifs is 1. The molecule has 0 radical (unpaired) electrons. The number of rotatable bonds is 2. The molecule has 20 heavy (non-hydrogen) atoms. The topological polar surface area (TPSA) is 88.1 Å². The molecule has 106 valence electrons. The van der Waals surface area contributed by atoms with E-state index in [1.807, 2.05) is 0 Å². The number of sulfonamides is 1. The van der Waals surface area contributed by atoms with Crippen LogP contribution in [0.25, 0.3) is 5.82 Å². The maximum absolute atomic E-state index is 12.3. The Morgan fingerprint density at radius 2 is 2.15 bits per heavy atom. The van der Waals surface area contributed by atoms with Crippen LogP contribution in [0.2, 0.25) is 0 Å². The molecule has 1 aliphatic rings. The second-order valence-electron chi connectivity index (χ2n) is 4.74. The van der Waals surface area contributed by atoms with Crippen LogP contribution in [0.15, 0.2) is 29.2 Å². The summed E-state index contributed by atoms with van der Waals surface area (Å²) in [7, 11) is -3.25. The van der Waals surface area contributed by atoms with Crippen LogP contribution in [0, 0.1) is 0 Å². The minimum atomic E-state index is -3.25. The van der Waals surface area contributed by atoms with Gasteiger partial charge in [0.25, 0.3) is 5.56 Å². The van der Waals surface area contributed by atoms with E-state index >= 15 is 0 Å². The summed E-state index contributed by atoms with van der Waals surface area (Å²) in [5.74, 6) is 0.498. The van der Waals surface area contributed by atoms with Gasteiger partial charge in [0.05, 0.1) is 18.5 Å². The Labute approximate surface area is 115 Å². The summed E-state index contributed by atoms with van der Waals surface area (Å²) in [6.45, 7) is 0.532. The summed E-state index contributed by atoms with van der Waals surface area (Å²) in [6.07, 6.45) is 3.19. The van der Waals surface area contributed by atoms with E-state index in [2.05, 4.69) is 10.1 Å². The Morgan fingerprint density at radius 3 is 2.80 bits per heavy atom. The van der Waals surface area contributed by atoms with E-state index in [-0.39, 0.29) is 12.1 Å². The molecule has 0 spiro atoms. The number of nitrogens with one attached hydrogen (secondary N) is 1. The average Bonchev–Trinajstić information content (AvgIpc) is 2.76. The van der Waals surface area contributed by atoms with Crippen LogP contribution in [-0.4, -0.2) is 40.3 Å². The zero-order valence-electron chi connectivity index (χ0n) is 10.9. The van der Waals surface area contributed by atoms with E-state index in [0.717, 1.165) is 0 Å². The van der Waals surface area contributed by atoms with E-state index < -0.39 is 10.0 Å². The fourth-order valence-corrected chi connectivity index (χ4v) is 3.11. The molecule has 7 nitrogen and oxygen atoms in total. The van der Waals surface area contributed by atoms with Crippen molar-refractivity contribution >= 4 is 10.0 Å². The zero-order chi connectivity index (χ0) is 14.3. The van der Waals surface area contributed by atoms with Gasteiger partial charge in [-0.15, -0.1) is 0 Å². The molecule has 2 aromatic rings. The molecular weight excluding hydrogens is 280 g/mol. The summed E-state index contributed by atoms with van der Waals surface area (Å²) in [5.41, 5.74) is 1.11. The molecule has 2 aromatic heterocycles. The second kappa shape index (κ2) is 4.57. The van der Waals surface area contributed by atoms with Crippen molar-refractivity contribution in [3.63, 3.8) is 0 Å². The smallest absolute Gasteiger partial charge is 0.276 e. The van der Waals surface area contributed by atoms with Gasteiger partial charge in [-0.05, 0) is 18.6 Å². The summed E-state index contributed by atoms with van der Waals surface area (Å²) in [4.78, 5) is 16.4. The molecule has 0 aliphatic carbocycles. The molecule has 0 saturated heterocycles. The molecule has 0 saturated carbocycles. The van der Waals surface area contributed by atoms with Gasteiger partial charge in [-0.1, -0.05) is 6.07 Å². The van der Waals surface area contributed by atoms with Gasteiger partial charge < -0.3 is 0 Å². The van der Waals surface area contributed by atoms with E-state index in [1.54, 1.807) is 24.4 Å². The standard InChI is InChI=1S/C12H14N4O3S/c1-20(18,19)15-7-5-9-10(8-15)14-16(12(9)17)11-4-2-3-6-13-11/h2-4,6,14H,5,7-8H2,1H3. The van der Waals surface area contributed by atoms with Crippen molar-refractivity contribution in [2.24, 2.45) is 0 Å². The molecular formula is C12H14N4O3S. The minimum Gasteiger partial charge on any atom is -0.292 e. The van der Waals surface area contributed by atoms with Crippen molar-refractivity contribution in [3.8, 4) is 5.82 Å². The maximum atomic E-state index is 12.3. The molecule has 3 heterocycles. The fourth-order valence-electron chi connectivity index (χ4n) is 2.33. The normalized spacial score (nSPS) is 16.1. The molecule has 0 aromatic carbocycles. The van der Waals surface area contributed by atoms with Crippen molar-refractivity contribution in [2.75, 3.05) is 12.8 Å². The van der Waals surface area contributed by atoms with Crippen LogP contribution < -0.4 is 5.56 Å². The number of pyridine rings is 1. The Morgan fingerprint density at radius 1 is 1.35 bits per heavy atom. The third kappa shape index (κ3) is 2.16. The third-order valence-corrected chi connectivity index (χ3v) is 4.62. The van der Waals surface area contributed by atoms with Crippen LogP contribution in [-0.2, 0) is 23.0 Å². The molecule has 0 fully saturated rings. The fraction of sp³-hybridized carbons (Fsp3) is 0.333. The van der Waals surface area contributed by atoms with E-state index in [9.17, 15) is 13.2 Å². The lowest BCUT2D eigenvalue weighted by Crippen LogP contribution is -2.36. The monoisotopic (exact) mass is 294 g/mol. The van der Waals surface area contributed by atoms with Gasteiger partial charge in [-0.3, -0.25) is 9.89 Å². The summed E-state index contributed by atoms with van der Waals surface area (Å²) in [6, 6.07) is 5.28. The van der Waals surface area contributed by atoms with Crippen LogP contribution in [0.1, 0.15) is 11.3 Å². The summed E-state index contributed by atoms with van der Waals surface area (Å²) in [5, 5.41) is 2.96. The first-order valence-corrected chi connectivity index (χ1v) is 8.01. The van der Waals surface area contributed by atoms with Crippen molar-refractivity contribution < 1.29 is 8.42 Å². The number of aromatic nitrogens is 3. The van der Waals surface area contributed by atoms with Crippen molar-refractivity contribution in [2.45, 2.75) is 13.0 Å². The lowest BCUT2D eigenvalue weighted by molar-refractivity contribution is 0.390. The number of aromatic amines is 1. The first-order chi connectivity index (χ1) is 9.47. The van der Waals surface area contributed by atoms with Gasteiger partial charge in [0.15, 0.2) is 5.82 Å². The Bertz CT molecular complexity index is 792. The Balaban J connectivity index is 2.04. The van der Waals surface area contributed by atoms with Gasteiger partial charge >= 0.3 is 0 Å². The van der Waals surface area contributed by atoms with Crippen LogP contribution >= 0.6 is 0 Å². The van der Waals surface area contributed by atoms with Crippen LogP contribution in [0.4, 0.5) is 0 Å². The molecule has 1 aliphatic heterocycles. The van der Waals surface area contributed by atoms with E-state index in [4.69, 9.17) is 0 Å². The minimum absolute atomic E-state index is 0.160. The summed E-state index contributed by atoms with van der Waals surface area (Å²) >= 11 is 0. The zero-order valence-corrected chi connectivity index (χ0v) is 11.7. The molecule has 8 heteroatoms. The van der Waals surface area contributed by atoms with Gasteiger partial charge in [0.2, 0.25) is 10.0 Å². The molecule has 1 N–H and O–H groups in total. The first-order valence-electron chi connectivity index (χ1n) is 6.16. The number of H-pyrrole nitrogens is 1. The number of hydrogen-bond donors (Lipinski definition) is 1. The molecule has 0 amide bonds. The Kier molecular flexibility index (Phi) is 2.98. The predicted octanol–water partition coefficient (Wildman–Crippen LogP) is -0.122. The van der Waals surface area contributed by atoms with Gasteiger partial charge in [-0.25, -0.2) is 18.1 Å². The number of hydrogen-bond acceptors (Lipinski definition) is 4. The predicted molar refractivity (Wildman–Crippen MR) is 73.1 cm³/mol. The highest BCUT2D eigenvalue weighted by Crippen LogP contribution is 2.17. The highest BCUT2D eigenvalue weighted by atomic mass is 32.2. The highest BCUT2D eigenvalue weighted by Gasteiger charge is 2.27. The van der Waals surface area contributed by atoms with Gasteiger partial charge in [0.1, 0.15) is 0 Å². The molecule has 3 rings (SSSR count). The van der Waals surface area contributed by atoms with Crippen molar-refractivity contribution in [3.05, 3.63) is 46.0 Å². The number of nitrogens with zero attached hydrogens (tertiary/aromatic N) is 3. The lowest BCUT2D eigenvalue weighted by atomic mass is 10.1.